The van der Waals surface area contributed by atoms with Crippen LogP contribution in [0.2, 0.25) is 0 Å². The minimum absolute atomic E-state index is 0.384. The molecule has 0 aliphatic carbocycles. The maximum atomic E-state index is 10.3. The minimum atomic E-state index is 0.384. The molecule has 1 aliphatic rings. The number of carbonyl (C=O) groups is 1. The second-order valence-electron chi connectivity index (χ2n) is 3.47. The molecule has 0 radical (unpaired) electrons. The predicted octanol–water partition coefficient (Wildman–Crippen LogP) is 2.21. The summed E-state index contributed by atoms with van der Waals surface area (Å²) >= 11 is 0. The Bertz CT molecular complexity index is 240. The number of allylic oxidation sites excluding steroid dienone is 2. The highest BCUT2D eigenvalue weighted by atomic mass is 16.1. The molecule has 12 heavy (non-hydrogen) atoms. The first kappa shape index (κ1) is 9.17. The third-order valence-corrected chi connectivity index (χ3v) is 2.34. The fourth-order valence-corrected chi connectivity index (χ4v) is 1.64. The van der Waals surface area contributed by atoms with Crippen molar-refractivity contribution in [2.45, 2.75) is 27.2 Å². The molecule has 0 aromatic rings. The molecule has 2 nitrogen and oxygen atoms in total. The highest BCUT2D eigenvalue weighted by Gasteiger charge is 2.21. The lowest BCUT2D eigenvalue weighted by Crippen LogP contribution is -2.15. The quantitative estimate of drug-likeness (QED) is 0.589. The SMILES string of the molecule is CC1=C[C@@H](C(C)CC=O)C(C)=N1. The molecule has 1 heterocycles. The summed E-state index contributed by atoms with van der Waals surface area (Å²) in [6.45, 7) is 6.11. The van der Waals surface area contributed by atoms with Crippen molar-refractivity contribution in [1.29, 1.82) is 0 Å². The third-order valence-electron chi connectivity index (χ3n) is 2.34. The molecule has 0 aromatic carbocycles. The van der Waals surface area contributed by atoms with Crippen molar-refractivity contribution in [1.82, 2.24) is 0 Å². The van der Waals surface area contributed by atoms with Gasteiger partial charge < -0.3 is 4.79 Å². The molecule has 66 valence electrons. The zero-order valence-electron chi connectivity index (χ0n) is 7.87. The Hall–Kier alpha value is -0.920. The highest BCUT2D eigenvalue weighted by molar-refractivity contribution is 5.89. The Morgan fingerprint density at radius 3 is 2.75 bits per heavy atom. The van der Waals surface area contributed by atoms with E-state index >= 15 is 0 Å². The molecule has 2 heteroatoms. The van der Waals surface area contributed by atoms with Crippen LogP contribution < -0.4 is 0 Å². The van der Waals surface area contributed by atoms with Gasteiger partial charge in [-0.3, -0.25) is 4.99 Å². The number of nitrogens with zero attached hydrogens (tertiary/aromatic N) is 1. The number of hydrogen-bond acceptors (Lipinski definition) is 2. The Labute approximate surface area is 73.4 Å². The van der Waals surface area contributed by atoms with Gasteiger partial charge in [0.05, 0.1) is 0 Å². The van der Waals surface area contributed by atoms with E-state index in [1.54, 1.807) is 0 Å². The van der Waals surface area contributed by atoms with Crippen LogP contribution in [0, 0.1) is 11.8 Å². The average molecular weight is 165 g/mol. The van der Waals surface area contributed by atoms with Gasteiger partial charge in [-0.05, 0) is 19.8 Å². The predicted molar refractivity (Wildman–Crippen MR) is 50.2 cm³/mol. The van der Waals surface area contributed by atoms with Gasteiger partial charge in [-0.1, -0.05) is 13.0 Å². The van der Waals surface area contributed by atoms with Crippen LogP contribution in [-0.4, -0.2) is 12.0 Å². The Balaban J connectivity index is 2.65. The maximum Gasteiger partial charge on any atom is 0.120 e. The van der Waals surface area contributed by atoms with Crippen LogP contribution in [0.5, 0.6) is 0 Å². The molecule has 1 rings (SSSR count). The molecule has 0 aromatic heterocycles. The molecule has 0 fully saturated rings. The molecule has 0 saturated carbocycles. The number of aliphatic imine (C=N–C) groups is 1. The van der Waals surface area contributed by atoms with Crippen LogP contribution >= 0.6 is 0 Å². The molecule has 2 atom stereocenters. The average Bonchev–Trinajstić information content (AvgIpc) is 2.30. The van der Waals surface area contributed by atoms with E-state index in [4.69, 9.17) is 0 Å². The third kappa shape index (κ3) is 1.81. The normalized spacial score (nSPS) is 24.8. The Kier molecular flexibility index (Phi) is 2.79. The second-order valence-corrected chi connectivity index (χ2v) is 3.47. The molecule has 0 amide bonds. The molecule has 1 aliphatic heterocycles. The van der Waals surface area contributed by atoms with Gasteiger partial charge in [0.25, 0.3) is 0 Å². The van der Waals surface area contributed by atoms with E-state index in [0.717, 1.165) is 17.7 Å². The number of rotatable bonds is 3. The lowest BCUT2D eigenvalue weighted by atomic mass is 9.89. The van der Waals surface area contributed by atoms with E-state index in [2.05, 4.69) is 18.0 Å². The van der Waals surface area contributed by atoms with Crippen LogP contribution in [0.1, 0.15) is 27.2 Å². The molecule has 1 unspecified atom stereocenters. The second kappa shape index (κ2) is 3.65. The van der Waals surface area contributed by atoms with Gasteiger partial charge in [-0.15, -0.1) is 0 Å². The van der Waals surface area contributed by atoms with E-state index in [1.165, 1.54) is 0 Å². The standard InChI is InChI=1S/C10H15NO/c1-7(4-5-12)10-6-8(2)11-9(10)3/h5-7,10H,4H2,1-3H3/t7?,10-/m0/s1. The van der Waals surface area contributed by atoms with Crippen LogP contribution in [0.3, 0.4) is 0 Å². The molecule has 0 saturated heterocycles. The summed E-state index contributed by atoms with van der Waals surface area (Å²) in [5, 5.41) is 0. The lowest BCUT2D eigenvalue weighted by Gasteiger charge is -2.14. The fourth-order valence-electron chi connectivity index (χ4n) is 1.64. The fraction of sp³-hybridized carbons (Fsp3) is 0.600. The van der Waals surface area contributed by atoms with Gasteiger partial charge in [0.1, 0.15) is 6.29 Å². The van der Waals surface area contributed by atoms with Gasteiger partial charge in [0, 0.05) is 23.7 Å². The van der Waals surface area contributed by atoms with Crippen LogP contribution in [0.25, 0.3) is 0 Å². The van der Waals surface area contributed by atoms with Crippen molar-refractivity contribution in [2.24, 2.45) is 16.8 Å². The van der Waals surface area contributed by atoms with Crippen molar-refractivity contribution in [3.05, 3.63) is 11.8 Å². The summed E-state index contributed by atoms with van der Waals surface area (Å²) in [5.74, 6) is 0.777. The zero-order valence-corrected chi connectivity index (χ0v) is 7.87. The number of aldehydes is 1. The largest absolute Gasteiger partial charge is 0.303 e. The van der Waals surface area contributed by atoms with Gasteiger partial charge >= 0.3 is 0 Å². The number of hydrogen-bond donors (Lipinski definition) is 0. The first-order valence-corrected chi connectivity index (χ1v) is 4.32. The van der Waals surface area contributed by atoms with Gasteiger partial charge in [-0.25, -0.2) is 0 Å². The summed E-state index contributed by atoms with van der Waals surface area (Å²) in [7, 11) is 0. The lowest BCUT2D eigenvalue weighted by molar-refractivity contribution is -0.108. The molecule has 0 bridgehead atoms. The minimum Gasteiger partial charge on any atom is -0.303 e. The monoisotopic (exact) mass is 165 g/mol. The van der Waals surface area contributed by atoms with Crippen molar-refractivity contribution >= 4 is 12.0 Å². The number of carbonyl (C=O) groups excluding carboxylic acids is 1. The molecular formula is C10H15NO. The van der Waals surface area contributed by atoms with E-state index in [-0.39, 0.29) is 0 Å². The van der Waals surface area contributed by atoms with Crippen molar-refractivity contribution < 1.29 is 4.79 Å². The Morgan fingerprint density at radius 1 is 1.67 bits per heavy atom. The molecule has 0 spiro atoms. The first-order valence-electron chi connectivity index (χ1n) is 4.32. The van der Waals surface area contributed by atoms with Crippen molar-refractivity contribution in [3.63, 3.8) is 0 Å². The van der Waals surface area contributed by atoms with E-state index in [1.807, 2.05) is 13.8 Å². The zero-order chi connectivity index (χ0) is 9.14. The van der Waals surface area contributed by atoms with Gasteiger partial charge in [0.2, 0.25) is 0 Å². The van der Waals surface area contributed by atoms with Gasteiger partial charge in [-0.2, -0.15) is 0 Å². The summed E-state index contributed by atoms with van der Waals surface area (Å²) < 4.78 is 0. The van der Waals surface area contributed by atoms with Crippen LogP contribution in [0.4, 0.5) is 0 Å². The molecule has 0 N–H and O–H groups in total. The summed E-state index contributed by atoms with van der Waals surface area (Å²) in [6, 6.07) is 0. The van der Waals surface area contributed by atoms with Crippen LogP contribution in [-0.2, 0) is 4.79 Å². The summed E-state index contributed by atoms with van der Waals surface area (Å²) in [5.41, 5.74) is 2.22. The Morgan fingerprint density at radius 2 is 2.33 bits per heavy atom. The van der Waals surface area contributed by atoms with Gasteiger partial charge in [0.15, 0.2) is 0 Å². The van der Waals surface area contributed by atoms with Crippen LogP contribution in [0.15, 0.2) is 16.8 Å². The summed E-state index contributed by atoms with van der Waals surface area (Å²) in [6.07, 6.45) is 3.75. The topological polar surface area (TPSA) is 29.4 Å². The summed E-state index contributed by atoms with van der Waals surface area (Å²) in [4.78, 5) is 14.6. The molecular weight excluding hydrogens is 150 g/mol. The van der Waals surface area contributed by atoms with E-state index in [9.17, 15) is 4.79 Å². The van der Waals surface area contributed by atoms with E-state index < -0.39 is 0 Å². The first-order chi connectivity index (χ1) is 5.65. The van der Waals surface area contributed by atoms with Crippen molar-refractivity contribution in [2.75, 3.05) is 0 Å². The highest BCUT2D eigenvalue weighted by Crippen LogP contribution is 2.25. The van der Waals surface area contributed by atoms with E-state index in [0.29, 0.717) is 18.3 Å². The smallest absolute Gasteiger partial charge is 0.120 e. The maximum absolute atomic E-state index is 10.3. The van der Waals surface area contributed by atoms with Crippen molar-refractivity contribution in [3.8, 4) is 0 Å².